The molecule has 0 spiro atoms. The van der Waals surface area contributed by atoms with Crippen molar-refractivity contribution in [2.24, 2.45) is 0 Å². The average molecular weight is 480 g/mol. The van der Waals surface area contributed by atoms with Crippen molar-refractivity contribution in [3.05, 3.63) is 40.2 Å². The molecule has 180 valence electrons. The minimum Gasteiger partial charge on any atom is -0.491 e. The SMILES string of the molecule is CC(C)Oc1ccc(F)c(-c2nn(C(C)C)c3c2CC[C@@H]([N+](=O)NC2(C)CS(=O)(=O)C2)C3)c1. The fraction of sp³-hybridized carbons (Fsp3) is 0.609. The molecular formula is C23H32FN4O4S+. The summed E-state index contributed by atoms with van der Waals surface area (Å²) in [4.78, 5) is 13.7. The predicted molar refractivity (Wildman–Crippen MR) is 123 cm³/mol. The Morgan fingerprint density at radius 3 is 2.58 bits per heavy atom. The second kappa shape index (κ2) is 8.38. The van der Waals surface area contributed by atoms with Gasteiger partial charge in [-0.25, -0.2) is 12.8 Å². The van der Waals surface area contributed by atoms with E-state index in [4.69, 9.17) is 9.84 Å². The second-order valence-corrected chi connectivity index (χ2v) is 12.1. The van der Waals surface area contributed by atoms with Crippen LogP contribution in [-0.2, 0) is 22.7 Å². The van der Waals surface area contributed by atoms with Crippen LogP contribution < -0.4 is 10.2 Å². The molecule has 2 aromatic rings. The van der Waals surface area contributed by atoms with Gasteiger partial charge in [0.05, 0.1) is 34.6 Å². The molecule has 0 unspecified atom stereocenters. The molecule has 33 heavy (non-hydrogen) atoms. The average Bonchev–Trinajstić information content (AvgIpc) is 3.06. The van der Waals surface area contributed by atoms with Crippen LogP contribution in [0.5, 0.6) is 5.75 Å². The van der Waals surface area contributed by atoms with Crippen molar-refractivity contribution in [2.75, 3.05) is 11.5 Å². The first-order chi connectivity index (χ1) is 15.4. The lowest BCUT2D eigenvalue weighted by Gasteiger charge is -2.35. The number of benzene rings is 1. The molecule has 0 radical (unpaired) electrons. The fourth-order valence-electron chi connectivity index (χ4n) is 4.84. The third-order valence-electron chi connectivity index (χ3n) is 6.12. The largest absolute Gasteiger partial charge is 0.491 e. The number of hydrogen-bond acceptors (Lipinski definition) is 5. The van der Waals surface area contributed by atoms with Crippen LogP contribution in [-0.4, -0.2) is 52.3 Å². The Balaban J connectivity index is 1.63. The third kappa shape index (κ3) is 4.76. The Kier molecular flexibility index (Phi) is 6.01. The van der Waals surface area contributed by atoms with E-state index in [0.717, 1.165) is 16.1 Å². The van der Waals surface area contributed by atoms with E-state index in [2.05, 4.69) is 5.43 Å². The van der Waals surface area contributed by atoms with Gasteiger partial charge in [0.1, 0.15) is 22.0 Å². The lowest BCUT2D eigenvalue weighted by molar-refractivity contribution is -0.652. The summed E-state index contributed by atoms with van der Waals surface area (Å²) in [6.07, 6.45) is 1.55. The van der Waals surface area contributed by atoms with Crippen molar-refractivity contribution in [2.45, 2.75) is 77.6 Å². The molecular weight excluding hydrogens is 447 g/mol. The standard InChI is InChI=1S/C23H32FN4O4S/c1-14(2)27-21-10-16(28(29)26-23(5)12-33(30,31)13-23)6-8-18(21)22(25-27)19-11-17(32-15(3)4)7-9-20(19)24/h7,9,11,14-16H,6,8,10,12-13H2,1-5H3,(H,26,29)/q+1/t16-/m1/s1. The Morgan fingerprint density at radius 1 is 1.27 bits per heavy atom. The van der Waals surface area contributed by atoms with Gasteiger partial charge < -0.3 is 4.74 Å². The quantitative estimate of drug-likeness (QED) is 0.483. The van der Waals surface area contributed by atoms with Gasteiger partial charge in [0.2, 0.25) is 6.04 Å². The van der Waals surface area contributed by atoms with Crippen LogP contribution in [0.1, 0.15) is 58.3 Å². The molecule has 1 aromatic carbocycles. The molecule has 10 heteroatoms. The van der Waals surface area contributed by atoms with Gasteiger partial charge in [0.25, 0.3) is 0 Å². The highest BCUT2D eigenvalue weighted by Gasteiger charge is 2.50. The van der Waals surface area contributed by atoms with Gasteiger partial charge in [-0.3, -0.25) is 4.68 Å². The zero-order valence-corrected chi connectivity index (χ0v) is 20.6. The number of halogens is 1. The normalized spacial score (nSPS) is 20.9. The van der Waals surface area contributed by atoms with Crippen LogP contribution in [0.15, 0.2) is 18.2 Å². The van der Waals surface area contributed by atoms with Gasteiger partial charge in [0.15, 0.2) is 9.84 Å². The lowest BCUT2D eigenvalue weighted by Crippen LogP contribution is -2.65. The number of nitroso groups, excluding NO2 is 1. The highest BCUT2D eigenvalue weighted by molar-refractivity contribution is 7.93. The van der Waals surface area contributed by atoms with Gasteiger partial charge in [-0.05, 0) is 59.2 Å². The smallest absolute Gasteiger partial charge is 0.240 e. The van der Waals surface area contributed by atoms with Crippen molar-refractivity contribution >= 4 is 9.84 Å². The predicted octanol–water partition coefficient (Wildman–Crippen LogP) is 3.39. The van der Waals surface area contributed by atoms with Gasteiger partial charge in [0, 0.05) is 29.3 Å². The summed E-state index contributed by atoms with van der Waals surface area (Å²) in [7, 11) is -3.06. The van der Waals surface area contributed by atoms with E-state index in [1.807, 2.05) is 32.4 Å². The maximum atomic E-state index is 14.8. The van der Waals surface area contributed by atoms with Gasteiger partial charge >= 0.3 is 0 Å². The minimum atomic E-state index is -3.06. The van der Waals surface area contributed by atoms with Crippen LogP contribution >= 0.6 is 0 Å². The molecule has 8 nitrogen and oxygen atoms in total. The zero-order valence-electron chi connectivity index (χ0n) is 19.8. The van der Waals surface area contributed by atoms with Gasteiger partial charge in [-0.1, -0.05) is 0 Å². The van der Waals surface area contributed by atoms with Crippen LogP contribution in [0.2, 0.25) is 0 Å². The maximum Gasteiger partial charge on any atom is 0.240 e. The van der Waals surface area contributed by atoms with Crippen molar-refractivity contribution < 1.29 is 22.4 Å². The Labute approximate surface area is 194 Å². The van der Waals surface area contributed by atoms with E-state index < -0.39 is 15.4 Å². The Bertz CT molecular complexity index is 1180. The summed E-state index contributed by atoms with van der Waals surface area (Å²) >= 11 is 0. The second-order valence-electron chi connectivity index (χ2n) is 10.0. The number of nitrogens with zero attached hydrogens (tertiary/aromatic N) is 3. The van der Waals surface area contributed by atoms with E-state index in [-0.39, 0.29) is 35.5 Å². The number of hydrogen-bond donors (Lipinski definition) is 1. The number of sulfone groups is 1. The number of fused-ring (bicyclic) bond motifs is 1. The lowest BCUT2D eigenvalue weighted by atomic mass is 9.90. The number of rotatable bonds is 7. The highest BCUT2D eigenvalue weighted by atomic mass is 32.2. The first kappa shape index (κ1) is 23.7. The molecule has 0 bridgehead atoms. The molecule has 1 N–H and O–H groups in total. The van der Waals surface area contributed by atoms with Crippen LogP contribution in [0.4, 0.5) is 4.39 Å². The van der Waals surface area contributed by atoms with E-state index in [1.165, 1.54) is 6.07 Å². The molecule has 4 rings (SSSR count). The first-order valence-electron chi connectivity index (χ1n) is 11.4. The minimum absolute atomic E-state index is 0.0331. The molecule has 1 saturated heterocycles. The van der Waals surface area contributed by atoms with Crippen LogP contribution in [0, 0.1) is 10.7 Å². The highest BCUT2D eigenvalue weighted by Crippen LogP contribution is 2.36. The number of aromatic nitrogens is 2. The van der Waals surface area contributed by atoms with Crippen LogP contribution in [0.25, 0.3) is 11.3 Å². The number of hydrazine groups is 1. The Hall–Kier alpha value is -2.49. The number of nitrogens with one attached hydrogen (secondary N) is 1. The van der Waals surface area contributed by atoms with Gasteiger partial charge in [-0.15, -0.1) is 5.43 Å². The van der Waals surface area contributed by atoms with Crippen molar-refractivity contribution in [1.82, 2.24) is 15.2 Å². The monoisotopic (exact) mass is 479 g/mol. The summed E-state index contributed by atoms with van der Waals surface area (Å²) in [5, 5.41) is 4.76. The van der Waals surface area contributed by atoms with E-state index in [1.54, 1.807) is 19.1 Å². The molecule has 0 saturated carbocycles. The molecule has 1 aromatic heterocycles. The van der Waals surface area contributed by atoms with E-state index in [9.17, 15) is 17.7 Å². The van der Waals surface area contributed by atoms with E-state index >= 15 is 0 Å². The third-order valence-corrected chi connectivity index (χ3v) is 8.27. The molecule has 1 atom stereocenters. The summed E-state index contributed by atoms with van der Waals surface area (Å²) in [5.74, 6) is 0.134. The topological polar surface area (TPSA) is 93.3 Å². The van der Waals surface area contributed by atoms with Gasteiger partial charge in [-0.2, -0.15) is 5.10 Å². The molecule has 2 aliphatic rings. The van der Waals surface area contributed by atoms with E-state index in [0.29, 0.717) is 36.3 Å². The fourth-order valence-corrected chi connectivity index (χ4v) is 6.83. The van der Waals surface area contributed by atoms with Crippen molar-refractivity contribution in [3.63, 3.8) is 0 Å². The molecule has 0 amide bonds. The number of ether oxygens (including phenoxy) is 1. The molecule has 1 fully saturated rings. The summed E-state index contributed by atoms with van der Waals surface area (Å²) < 4.78 is 45.6. The van der Waals surface area contributed by atoms with Crippen LogP contribution in [0.3, 0.4) is 0 Å². The maximum absolute atomic E-state index is 14.8. The van der Waals surface area contributed by atoms with Crippen molar-refractivity contribution in [3.8, 4) is 17.0 Å². The Morgan fingerprint density at radius 2 is 1.97 bits per heavy atom. The summed E-state index contributed by atoms with van der Waals surface area (Å²) in [6.45, 7) is 9.59. The molecule has 1 aliphatic heterocycles. The zero-order chi connectivity index (χ0) is 24.1. The van der Waals surface area contributed by atoms with Crippen molar-refractivity contribution in [1.29, 1.82) is 0 Å². The summed E-state index contributed by atoms with van der Waals surface area (Å²) in [6, 6.07) is 4.37. The molecule has 1 aliphatic carbocycles. The summed E-state index contributed by atoms with van der Waals surface area (Å²) in [5.41, 5.74) is 4.98. The molecule has 2 heterocycles. The first-order valence-corrected chi connectivity index (χ1v) is 13.2.